The third-order valence-electron chi connectivity index (χ3n) is 10.1. The molecule has 4 bridgehead atoms. The van der Waals surface area contributed by atoms with Crippen LogP contribution in [0.4, 0.5) is 0 Å². The van der Waals surface area contributed by atoms with E-state index in [1.54, 1.807) is 0 Å². The Hall–Kier alpha value is -0.570. The summed E-state index contributed by atoms with van der Waals surface area (Å²) < 4.78 is 0. The van der Waals surface area contributed by atoms with Crippen molar-refractivity contribution < 1.29 is 15.0 Å². The minimum Gasteiger partial charge on any atom is -0.481 e. The topological polar surface area (TPSA) is 57.5 Å². The molecule has 0 aromatic heterocycles. The lowest BCUT2D eigenvalue weighted by molar-refractivity contribution is -0.209. The van der Waals surface area contributed by atoms with Crippen LogP contribution in [0.25, 0.3) is 0 Å². The average molecular weight is 318 g/mol. The van der Waals surface area contributed by atoms with Crippen molar-refractivity contribution in [1.82, 2.24) is 0 Å². The van der Waals surface area contributed by atoms with E-state index in [0.29, 0.717) is 11.8 Å². The molecular weight excluding hydrogens is 288 g/mol. The smallest absolute Gasteiger partial charge is 0.309 e. The van der Waals surface area contributed by atoms with E-state index in [-0.39, 0.29) is 28.3 Å². The van der Waals surface area contributed by atoms with E-state index in [2.05, 4.69) is 13.8 Å². The van der Waals surface area contributed by atoms with Gasteiger partial charge < -0.3 is 10.2 Å². The predicted molar refractivity (Wildman–Crippen MR) is 86.7 cm³/mol. The van der Waals surface area contributed by atoms with E-state index < -0.39 is 11.4 Å². The average Bonchev–Trinajstić information content (AvgIpc) is 3.03. The Balaban J connectivity index is 1.58. The van der Waals surface area contributed by atoms with Crippen molar-refractivity contribution in [2.75, 3.05) is 0 Å². The van der Waals surface area contributed by atoms with Gasteiger partial charge in [0, 0.05) is 10.8 Å². The maximum absolute atomic E-state index is 12.1. The Morgan fingerprint density at radius 2 is 1.78 bits per heavy atom. The normalized spacial score (nSPS) is 65.7. The number of aliphatic carboxylic acids is 1. The lowest BCUT2D eigenvalue weighted by Gasteiger charge is -2.65. The first kappa shape index (κ1) is 14.7. The highest BCUT2D eigenvalue weighted by Crippen LogP contribution is 2.85. The molecule has 0 aliphatic heterocycles. The summed E-state index contributed by atoms with van der Waals surface area (Å²) in [4.78, 5) is 12.1. The molecule has 1 spiro atoms. The molecule has 23 heavy (non-hydrogen) atoms. The van der Waals surface area contributed by atoms with Crippen LogP contribution in [0, 0.1) is 45.3 Å². The summed E-state index contributed by atoms with van der Waals surface area (Å²) in [5.41, 5.74) is -0.146. The molecule has 2 N–H and O–H groups in total. The minimum absolute atomic E-state index is 0.107. The lowest BCUT2D eigenvalue weighted by Crippen LogP contribution is -2.62. The van der Waals surface area contributed by atoms with Gasteiger partial charge in [0.25, 0.3) is 0 Å². The van der Waals surface area contributed by atoms with Crippen molar-refractivity contribution in [1.29, 1.82) is 0 Å². The van der Waals surface area contributed by atoms with Gasteiger partial charge in [0.1, 0.15) is 0 Å². The summed E-state index contributed by atoms with van der Waals surface area (Å²) >= 11 is 0. The van der Waals surface area contributed by atoms with Gasteiger partial charge in [-0.25, -0.2) is 0 Å². The third kappa shape index (κ3) is 1.32. The van der Waals surface area contributed by atoms with Crippen molar-refractivity contribution in [3.05, 3.63) is 0 Å². The van der Waals surface area contributed by atoms with Crippen LogP contribution in [0.5, 0.6) is 0 Å². The number of fused-ring (bicyclic) bond motifs is 1. The fourth-order valence-corrected chi connectivity index (χ4v) is 8.86. The van der Waals surface area contributed by atoms with Gasteiger partial charge in [-0.2, -0.15) is 0 Å². The van der Waals surface area contributed by atoms with Crippen LogP contribution in [0.2, 0.25) is 0 Å². The second-order valence-corrected chi connectivity index (χ2v) is 10.4. The fraction of sp³-hybridized carbons (Fsp3) is 0.950. The van der Waals surface area contributed by atoms with Gasteiger partial charge in [0.05, 0.1) is 11.5 Å². The first-order valence-corrected chi connectivity index (χ1v) is 9.63. The number of hydrogen-bond acceptors (Lipinski definition) is 2. The monoisotopic (exact) mass is 318 g/mol. The molecule has 6 saturated carbocycles. The van der Waals surface area contributed by atoms with E-state index in [1.165, 1.54) is 12.8 Å². The van der Waals surface area contributed by atoms with E-state index in [0.717, 1.165) is 38.0 Å². The van der Waals surface area contributed by atoms with E-state index in [1.807, 2.05) is 6.92 Å². The highest BCUT2D eigenvalue weighted by molar-refractivity contribution is 5.75. The van der Waals surface area contributed by atoms with Crippen molar-refractivity contribution in [3.63, 3.8) is 0 Å². The second kappa shape index (κ2) is 3.81. The Labute approximate surface area is 138 Å². The highest BCUT2D eigenvalue weighted by atomic mass is 16.4. The van der Waals surface area contributed by atoms with Crippen molar-refractivity contribution >= 4 is 5.97 Å². The summed E-state index contributed by atoms with van der Waals surface area (Å²) in [6.45, 7) is 6.70. The molecule has 6 fully saturated rings. The lowest BCUT2D eigenvalue weighted by atomic mass is 9.39. The second-order valence-electron chi connectivity index (χ2n) is 10.4. The zero-order valence-electron chi connectivity index (χ0n) is 14.6. The van der Waals surface area contributed by atoms with Gasteiger partial charge in [-0.3, -0.25) is 4.79 Å². The van der Waals surface area contributed by atoms with Crippen molar-refractivity contribution in [2.45, 2.75) is 71.8 Å². The van der Waals surface area contributed by atoms with Gasteiger partial charge >= 0.3 is 5.97 Å². The summed E-state index contributed by atoms with van der Waals surface area (Å²) in [6.07, 6.45) is 7.40. The molecule has 0 aromatic carbocycles. The Morgan fingerprint density at radius 3 is 2.39 bits per heavy atom. The zero-order chi connectivity index (χ0) is 16.4. The molecule has 0 saturated heterocycles. The zero-order valence-corrected chi connectivity index (χ0v) is 14.6. The van der Waals surface area contributed by atoms with Gasteiger partial charge in [0.15, 0.2) is 0 Å². The maximum atomic E-state index is 12.1. The molecular formula is C20H30O3. The molecule has 0 amide bonds. The number of hydrogen-bond donors (Lipinski definition) is 2. The van der Waals surface area contributed by atoms with Crippen LogP contribution >= 0.6 is 0 Å². The van der Waals surface area contributed by atoms with E-state index in [9.17, 15) is 15.0 Å². The maximum Gasteiger partial charge on any atom is 0.309 e. The van der Waals surface area contributed by atoms with Gasteiger partial charge in [0.2, 0.25) is 0 Å². The molecule has 0 heterocycles. The quantitative estimate of drug-likeness (QED) is 0.775. The van der Waals surface area contributed by atoms with Crippen LogP contribution < -0.4 is 0 Å². The number of carbonyl (C=O) groups is 1. The third-order valence-corrected chi connectivity index (χ3v) is 10.1. The molecule has 3 nitrogen and oxygen atoms in total. The summed E-state index contributed by atoms with van der Waals surface area (Å²) in [5.74, 6) is 1.69. The molecule has 0 unspecified atom stereocenters. The minimum atomic E-state index is -0.594. The summed E-state index contributed by atoms with van der Waals surface area (Å²) in [7, 11) is 0. The first-order valence-electron chi connectivity index (χ1n) is 9.63. The number of rotatable bonds is 1. The molecule has 6 rings (SSSR count). The molecule has 3 heteroatoms. The van der Waals surface area contributed by atoms with Gasteiger partial charge in [-0.05, 0) is 74.5 Å². The SMILES string of the molecule is C[C@@]12CCC[C@@](C)(C(=O)O)[C@H]1CC[C@@]13C[C@H]4[C@@H](C[C@@H]21)[C@@]4(C)[C@H]3O. The Bertz CT molecular complexity index is 602. The van der Waals surface area contributed by atoms with E-state index in [4.69, 9.17) is 0 Å². The van der Waals surface area contributed by atoms with E-state index >= 15 is 0 Å². The molecule has 6 aliphatic carbocycles. The summed E-state index contributed by atoms with van der Waals surface area (Å²) in [6, 6.07) is 0. The first-order chi connectivity index (χ1) is 10.7. The molecule has 0 radical (unpaired) electrons. The number of aliphatic hydroxyl groups excluding tert-OH is 1. The van der Waals surface area contributed by atoms with Gasteiger partial charge in [-0.1, -0.05) is 20.3 Å². The Kier molecular flexibility index (Phi) is 2.45. The summed E-state index contributed by atoms with van der Waals surface area (Å²) in [5, 5.41) is 21.1. The van der Waals surface area contributed by atoms with Crippen LogP contribution in [0.1, 0.15) is 65.7 Å². The molecule has 128 valence electrons. The fourth-order valence-electron chi connectivity index (χ4n) is 8.86. The predicted octanol–water partition coefficient (Wildman–Crippen LogP) is 3.70. The number of carboxylic acid groups (broad SMARTS) is 1. The Morgan fingerprint density at radius 1 is 1.04 bits per heavy atom. The molecule has 9 atom stereocenters. The van der Waals surface area contributed by atoms with Crippen LogP contribution in [-0.4, -0.2) is 22.3 Å². The molecule has 6 aliphatic rings. The van der Waals surface area contributed by atoms with Gasteiger partial charge in [-0.15, -0.1) is 0 Å². The van der Waals surface area contributed by atoms with Crippen LogP contribution in [0.15, 0.2) is 0 Å². The van der Waals surface area contributed by atoms with Crippen LogP contribution in [0.3, 0.4) is 0 Å². The van der Waals surface area contributed by atoms with Crippen molar-refractivity contribution in [3.8, 4) is 0 Å². The number of aliphatic hydroxyl groups is 1. The highest BCUT2D eigenvalue weighted by Gasteiger charge is 2.82. The van der Waals surface area contributed by atoms with Crippen molar-refractivity contribution in [2.24, 2.45) is 45.3 Å². The molecule has 0 aromatic rings. The largest absolute Gasteiger partial charge is 0.481 e. The van der Waals surface area contributed by atoms with Crippen LogP contribution in [-0.2, 0) is 4.79 Å². The standard InChI is InChI=1S/C20H30O3/c1-17-6-4-7-18(2,16(22)23)13(17)5-8-20-10-12-11(9-14(17)20)19(12,3)15(20)21/h11-15,21H,4-10H2,1-3H3,(H,22,23)/t11-,12+,13+,14+,15-,17-,18-,19-,20-/m1/s1. The number of carboxylic acids is 1.